The molecule has 0 spiro atoms. The van der Waals surface area contributed by atoms with Gasteiger partial charge in [-0.15, -0.1) is 0 Å². The van der Waals surface area contributed by atoms with Crippen molar-refractivity contribution in [2.45, 2.75) is 25.4 Å². The zero-order chi connectivity index (χ0) is 38.4. The third-order valence-electron chi connectivity index (χ3n) is 8.83. The van der Waals surface area contributed by atoms with Gasteiger partial charge in [0.15, 0.2) is 5.69 Å². The molecule has 0 saturated heterocycles. The smallest absolute Gasteiger partial charge is 0.434 e. The number of hydrogen-bond donors (Lipinski definition) is 1. The van der Waals surface area contributed by atoms with Crippen LogP contribution in [0.4, 0.5) is 37.7 Å². The van der Waals surface area contributed by atoms with E-state index in [2.05, 4.69) is 15.4 Å². The lowest BCUT2D eigenvalue weighted by Crippen LogP contribution is -2.48. The number of halogens is 6. The van der Waals surface area contributed by atoms with Crippen molar-refractivity contribution in [3.8, 4) is 17.2 Å². The van der Waals surface area contributed by atoms with Crippen LogP contribution in [0, 0.1) is 0 Å². The van der Waals surface area contributed by atoms with Crippen LogP contribution in [0.25, 0.3) is 16.5 Å². The number of hydrogen-bond acceptors (Lipinski definition) is 7. The summed E-state index contributed by atoms with van der Waals surface area (Å²) in [5.41, 5.74) is -1.92. The Hall–Kier alpha value is -6.58. The Morgan fingerprint density at radius 3 is 1.96 bits per heavy atom. The van der Waals surface area contributed by atoms with E-state index in [0.717, 1.165) is 23.4 Å². The normalized spacial score (nSPS) is 13.0. The summed E-state index contributed by atoms with van der Waals surface area (Å²) in [5, 5.41) is 9.93. The van der Waals surface area contributed by atoms with E-state index in [1.165, 1.54) is 13.2 Å². The summed E-state index contributed by atoms with van der Waals surface area (Å²) >= 11 is 0. The van der Waals surface area contributed by atoms with Gasteiger partial charge >= 0.3 is 12.4 Å². The molecule has 7 rings (SSSR count). The van der Waals surface area contributed by atoms with Gasteiger partial charge in [-0.05, 0) is 65.7 Å². The van der Waals surface area contributed by atoms with Crippen LogP contribution in [0.2, 0.25) is 0 Å². The van der Waals surface area contributed by atoms with Crippen LogP contribution in [0.5, 0.6) is 11.5 Å². The summed E-state index contributed by atoms with van der Waals surface area (Å²) in [7, 11) is 3.08. The summed E-state index contributed by atoms with van der Waals surface area (Å²) in [4.78, 5) is 30.8. The molecule has 276 valence electrons. The first kappa shape index (κ1) is 35.8. The molecule has 2 amide bonds. The third-order valence-corrected chi connectivity index (χ3v) is 8.83. The number of carbonyl (C=O) groups is 2. The van der Waals surface area contributed by atoms with Crippen LogP contribution in [-0.2, 0) is 25.4 Å². The molecule has 10 nitrogen and oxygen atoms in total. The van der Waals surface area contributed by atoms with E-state index in [0.29, 0.717) is 39.5 Å². The second kappa shape index (κ2) is 13.8. The number of anilines is 2. The monoisotopic (exact) mass is 746 g/mol. The Bertz CT molecular complexity index is 2380. The maximum atomic E-state index is 14.8. The number of benzene rings is 4. The molecule has 3 heterocycles. The van der Waals surface area contributed by atoms with E-state index in [9.17, 15) is 35.9 Å². The van der Waals surface area contributed by atoms with Crippen molar-refractivity contribution in [1.82, 2.24) is 19.8 Å². The molecule has 0 unspecified atom stereocenters. The first-order valence-corrected chi connectivity index (χ1v) is 16.2. The first-order chi connectivity index (χ1) is 25.8. The van der Waals surface area contributed by atoms with Crippen molar-refractivity contribution in [2.24, 2.45) is 0 Å². The molecule has 0 fully saturated rings. The zero-order valence-corrected chi connectivity index (χ0v) is 28.4. The van der Waals surface area contributed by atoms with Gasteiger partial charge in [-0.2, -0.15) is 31.4 Å². The minimum absolute atomic E-state index is 0.0916. The van der Waals surface area contributed by atoms with Crippen molar-refractivity contribution in [2.75, 3.05) is 24.5 Å². The fourth-order valence-electron chi connectivity index (χ4n) is 6.30. The molecule has 6 aromatic rings. The van der Waals surface area contributed by atoms with E-state index < -0.39 is 46.8 Å². The number of carbonyl (C=O) groups excluding carboxylic acids is 2. The van der Waals surface area contributed by atoms with E-state index in [1.54, 1.807) is 65.7 Å². The summed E-state index contributed by atoms with van der Waals surface area (Å²) < 4.78 is 95.2. The highest BCUT2D eigenvalue weighted by Gasteiger charge is 2.42. The van der Waals surface area contributed by atoms with Crippen LogP contribution >= 0.6 is 0 Å². The van der Waals surface area contributed by atoms with E-state index in [4.69, 9.17) is 9.47 Å². The van der Waals surface area contributed by atoms with Gasteiger partial charge in [-0.3, -0.25) is 19.6 Å². The molecular formula is C38H28F6N6O4. The number of aromatic nitrogens is 3. The summed E-state index contributed by atoms with van der Waals surface area (Å²) in [6.45, 7) is 0.341. The number of alkyl halides is 6. The molecule has 2 aromatic heterocycles. The quantitative estimate of drug-likeness (QED) is 0.149. The van der Waals surface area contributed by atoms with Gasteiger partial charge in [-0.1, -0.05) is 36.4 Å². The SMILES string of the molecule is COc1ccc(CN2C(=O)c3cccc4c(-n5ncc(C(=O)Nc6ccnc(C(F)(F)F)c6)c5C(F)(F)F)ccc(c34)N2Cc2ccc(OC)cc2)cc1. The van der Waals surface area contributed by atoms with E-state index in [1.807, 2.05) is 24.3 Å². The van der Waals surface area contributed by atoms with Crippen molar-refractivity contribution in [1.29, 1.82) is 0 Å². The number of nitrogens with one attached hydrogen (secondary N) is 1. The number of amides is 2. The number of rotatable bonds is 9. The average molecular weight is 747 g/mol. The van der Waals surface area contributed by atoms with Crippen molar-refractivity contribution >= 4 is 34.0 Å². The highest BCUT2D eigenvalue weighted by molar-refractivity contribution is 6.16. The molecule has 0 saturated carbocycles. The number of ether oxygens (including phenoxy) is 2. The van der Waals surface area contributed by atoms with E-state index >= 15 is 0 Å². The van der Waals surface area contributed by atoms with Gasteiger partial charge < -0.3 is 14.8 Å². The molecule has 1 aliphatic heterocycles. The molecule has 0 radical (unpaired) electrons. The predicted molar refractivity (Wildman–Crippen MR) is 185 cm³/mol. The zero-order valence-electron chi connectivity index (χ0n) is 28.4. The highest BCUT2D eigenvalue weighted by atomic mass is 19.4. The van der Waals surface area contributed by atoms with Crippen LogP contribution < -0.4 is 19.8 Å². The number of nitrogens with zero attached hydrogens (tertiary/aromatic N) is 5. The lowest BCUT2D eigenvalue weighted by atomic mass is 9.97. The molecule has 0 bridgehead atoms. The lowest BCUT2D eigenvalue weighted by Gasteiger charge is -2.41. The van der Waals surface area contributed by atoms with Gasteiger partial charge in [0, 0.05) is 22.7 Å². The standard InChI is InChI=1S/C38H28F6N6O4/c1-53-25-10-6-22(7-11-25)20-48-31-15-14-30(27-4-3-5-28(33(27)31)36(52)49(48)21-23-8-12-26(54-2)13-9-23)50-34(38(42,43)44)29(19-46-50)35(51)47-24-16-17-45-32(18-24)37(39,40)41/h3-19H,20-21H2,1-2H3,(H,45,47,51). The number of methoxy groups -OCH3 is 2. The summed E-state index contributed by atoms with van der Waals surface area (Å²) in [6, 6.07) is 23.6. The minimum Gasteiger partial charge on any atom is -0.497 e. The Morgan fingerprint density at radius 2 is 1.37 bits per heavy atom. The maximum Gasteiger partial charge on any atom is 0.434 e. The fraction of sp³-hybridized carbons (Fsp3) is 0.158. The fourth-order valence-corrected chi connectivity index (χ4v) is 6.30. The Kier molecular flexibility index (Phi) is 9.12. The summed E-state index contributed by atoms with van der Waals surface area (Å²) in [5.74, 6) is -0.500. The van der Waals surface area contributed by atoms with E-state index in [-0.39, 0.29) is 29.7 Å². The Labute approximate surface area is 303 Å². The number of hydrazine groups is 1. The van der Waals surface area contributed by atoms with Gasteiger partial charge in [-0.25, -0.2) is 9.69 Å². The second-order valence-electron chi connectivity index (χ2n) is 12.1. The van der Waals surface area contributed by atoms with Gasteiger partial charge in [0.2, 0.25) is 0 Å². The molecule has 1 N–H and O–H groups in total. The van der Waals surface area contributed by atoms with Crippen LogP contribution in [0.15, 0.2) is 103 Å². The third kappa shape index (κ3) is 6.73. The Balaban J connectivity index is 1.33. The van der Waals surface area contributed by atoms with Crippen LogP contribution in [0.1, 0.15) is 43.2 Å². The molecule has 1 aliphatic rings. The van der Waals surface area contributed by atoms with Crippen molar-refractivity contribution in [3.63, 3.8) is 0 Å². The van der Waals surface area contributed by atoms with Crippen LogP contribution in [-0.4, -0.2) is 45.8 Å². The molecular weight excluding hydrogens is 718 g/mol. The molecule has 0 aliphatic carbocycles. The van der Waals surface area contributed by atoms with Crippen molar-refractivity contribution < 1.29 is 45.4 Å². The molecule has 0 atom stereocenters. The van der Waals surface area contributed by atoms with Gasteiger partial charge in [0.1, 0.15) is 17.2 Å². The summed E-state index contributed by atoms with van der Waals surface area (Å²) in [6.07, 6.45) is -8.53. The molecule has 4 aromatic carbocycles. The second-order valence-corrected chi connectivity index (χ2v) is 12.1. The lowest BCUT2D eigenvalue weighted by molar-refractivity contribution is -0.143. The van der Waals surface area contributed by atoms with Gasteiger partial charge in [0.25, 0.3) is 11.8 Å². The van der Waals surface area contributed by atoms with Crippen LogP contribution in [0.3, 0.4) is 0 Å². The van der Waals surface area contributed by atoms with Crippen molar-refractivity contribution in [3.05, 3.63) is 137 Å². The average Bonchev–Trinajstić information content (AvgIpc) is 3.62. The topological polar surface area (TPSA) is 102 Å². The highest BCUT2D eigenvalue weighted by Crippen LogP contribution is 2.42. The first-order valence-electron chi connectivity index (χ1n) is 16.2. The minimum atomic E-state index is -5.15. The Morgan fingerprint density at radius 1 is 0.759 bits per heavy atom. The number of pyridine rings is 1. The largest absolute Gasteiger partial charge is 0.497 e. The van der Waals surface area contributed by atoms with Gasteiger partial charge in [0.05, 0.1) is 56.0 Å². The maximum absolute atomic E-state index is 14.8. The molecule has 16 heteroatoms. The molecule has 54 heavy (non-hydrogen) atoms. The predicted octanol–water partition coefficient (Wildman–Crippen LogP) is 8.31.